The van der Waals surface area contributed by atoms with E-state index >= 15 is 0 Å². The van der Waals surface area contributed by atoms with Crippen LogP contribution in [-0.2, 0) is 6.54 Å². The first-order valence-electron chi connectivity index (χ1n) is 11.9. The van der Waals surface area contributed by atoms with Crippen LogP contribution < -0.4 is 10.6 Å². The summed E-state index contributed by atoms with van der Waals surface area (Å²) in [5.41, 5.74) is 0.599. The number of carbonyl (C=O) groups excluding carboxylic acids is 2. The molecule has 41 heavy (non-hydrogen) atoms. The molecule has 0 radical (unpaired) electrons. The maximum Gasteiger partial charge on any atom is 0.451 e. The molecule has 0 fully saturated rings. The van der Waals surface area contributed by atoms with Crippen molar-refractivity contribution in [1.29, 1.82) is 5.26 Å². The highest BCUT2D eigenvalue weighted by atomic mass is 35.5. The highest BCUT2D eigenvalue weighted by Crippen LogP contribution is 2.28. The fourth-order valence-corrected chi connectivity index (χ4v) is 4.15. The summed E-state index contributed by atoms with van der Waals surface area (Å²) in [6, 6.07) is 9.13. The topological polar surface area (TPSA) is 141 Å². The molecule has 0 atom stereocenters. The molecule has 0 aliphatic carbocycles. The number of benzene rings is 1. The van der Waals surface area contributed by atoms with Crippen molar-refractivity contribution < 1.29 is 22.8 Å². The fourth-order valence-electron chi connectivity index (χ4n) is 3.95. The molecule has 2 N–H and O–H groups in total. The number of amidine groups is 1. The van der Waals surface area contributed by atoms with Gasteiger partial charge in [0.25, 0.3) is 11.8 Å². The number of hydrogen-bond acceptors (Lipinski definition) is 8. The van der Waals surface area contributed by atoms with Crippen molar-refractivity contribution in [3.8, 4) is 11.9 Å². The van der Waals surface area contributed by atoms with Crippen molar-refractivity contribution in [2.75, 3.05) is 11.9 Å². The average Bonchev–Trinajstić information content (AvgIpc) is 3.34. The largest absolute Gasteiger partial charge is 0.451 e. The third kappa shape index (κ3) is 6.10. The van der Waals surface area contributed by atoms with E-state index < -0.39 is 30.4 Å². The second kappa shape index (κ2) is 11.6. The highest BCUT2D eigenvalue weighted by molar-refractivity contribution is 6.32. The molecule has 4 rings (SSSR count). The van der Waals surface area contributed by atoms with Crippen molar-refractivity contribution in [2.45, 2.75) is 26.6 Å². The first kappa shape index (κ1) is 29.0. The van der Waals surface area contributed by atoms with Crippen molar-refractivity contribution in [3.63, 3.8) is 0 Å². The Morgan fingerprint density at radius 2 is 1.98 bits per heavy atom. The van der Waals surface area contributed by atoms with Crippen LogP contribution in [0.4, 0.5) is 18.9 Å². The van der Waals surface area contributed by atoms with Gasteiger partial charge in [0.2, 0.25) is 5.84 Å². The standard InChI is InChI=1S/C26H21ClF3N9O2/c1-4-32-23(40)18-9-16(11-31)8-14(2)21(18)35-24(41)20-10-17(37-39(20)22-19(27)6-5-7-33-22)13-38-15(3)12-34-36-25(38)26(28,29)30/h5-10,12H,3-4,13H2,1-2H3,(H,32,40)(H,35,41). The van der Waals surface area contributed by atoms with Crippen molar-refractivity contribution in [3.05, 3.63) is 81.9 Å². The first-order valence-corrected chi connectivity index (χ1v) is 12.3. The number of alkyl halides is 3. The molecule has 11 nitrogen and oxygen atoms in total. The van der Waals surface area contributed by atoms with Crippen LogP contribution in [0.1, 0.15) is 44.6 Å². The molecule has 0 unspecified atom stereocenters. The molecular formula is C26H21ClF3N9O2. The van der Waals surface area contributed by atoms with Gasteiger partial charge in [0.1, 0.15) is 5.69 Å². The van der Waals surface area contributed by atoms with Gasteiger partial charge in [-0.25, -0.2) is 9.67 Å². The zero-order chi connectivity index (χ0) is 29.9. The van der Waals surface area contributed by atoms with Crippen LogP contribution in [0.25, 0.3) is 5.82 Å². The second-order valence-corrected chi connectivity index (χ2v) is 9.03. The summed E-state index contributed by atoms with van der Waals surface area (Å²) < 4.78 is 42.0. The minimum atomic E-state index is -4.84. The monoisotopic (exact) mass is 583 g/mol. The van der Waals surface area contributed by atoms with Gasteiger partial charge in [0, 0.05) is 12.7 Å². The molecule has 2 amide bonds. The lowest BCUT2D eigenvalue weighted by Gasteiger charge is -2.27. The number of anilines is 1. The Kier molecular flexibility index (Phi) is 8.20. The number of aromatic nitrogens is 3. The molecule has 3 heterocycles. The molecular weight excluding hydrogens is 563 g/mol. The number of nitrogens with zero attached hydrogens (tertiary/aromatic N) is 7. The van der Waals surface area contributed by atoms with Gasteiger partial charge in [-0.05, 0) is 49.7 Å². The summed E-state index contributed by atoms with van der Waals surface area (Å²) in [4.78, 5) is 31.4. The molecule has 0 bridgehead atoms. The number of carbonyl (C=O) groups is 2. The highest BCUT2D eigenvalue weighted by Gasteiger charge is 2.42. The van der Waals surface area contributed by atoms with Gasteiger partial charge < -0.3 is 15.5 Å². The third-order valence-electron chi connectivity index (χ3n) is 5.75. The number of amides is 2. The van der Waals surface area contributed by atoms with Gasteiger partial charge in [0.05, 0.1) is 52.1 Å². The van der Waals surface area contributed by atoms with Gasteiger partial charge in [-0.3, -0.25) is 9.59 Å². The molecule has 0 spiro atoms. The van der Waals surface area contributed by atoms with E-state index in [0.717, 1.165) is 15.8 Å². The Bertz CT molecular complexity index is 1650. The Morgan fingerprint density at radius 3 is 2.63 bits per heavy atom. The van der Waals surface area contributed by atoms with Crippen molar-refractivity contribution in [2.24, 2.45) is 10.2 Å². The van der Waals surface area contributed by atoms with Gasteiger partial charge in [0.15, 0.2) is 5.82 Å². The smallest absolute Gasteiger partial charge is 0.352 e. The number of hydrogen-bond donors (Lipinski definition) is 2. The number of nitrogens with one attached hydrogen (secondary N) is 2. The van der Waals surface area contributed by atoms with E-state index in [-0.39, 0.29) is 44.7 Å². The summed E-state index contributed by atoms with van der Waals surface area (Å²) in [5, 5.41) is 25.7. The SMILES string of the molecule is C=C1C=NN=C(C(F)(F)F)N1Cc1cc(C(=O)Nc2c(C)cc(C#N)cc2C(=O)NCC)n(-c2ncccc2Cl)n1. The normalized spacial score (nSPS) is 13.0. The van der Waals surface area contributed by atoms with E-state index in [1.165, 1.54) is 30.5 Å². The summed E-state index contributed by atoms with van der Waals surface area (Å²) in [6.07, 6.45) is -2.37. The summed E-state index contributed by atoms with van der Waals surface area (Å²) in [5.74, 6) is -2.56. The van der Waals surface area contributed by atoms with Crippen LogP contribution in [0.15, 0.2) is 59.0 Å². The molecule has 15 heteroatoms. The minimum Gasteiger partial charge on any atom is -0.352 e. The Hall–Kier alpha value is -5.03. The Balaban J connectivity index is 1.79. The van der Waals surface area contributed by atoms with E-state index in [1.54, 1.807) is 19.9 Å². The van der Waals surface area contributed by atoms with E-state index in [4.69, 9.17) is 11.6 Å². The van der Waals surface area contributed by atoms with Crippen LogP contribution in [0.3, 0.4) is 0 Å². The quantitative estimate of drug-likeness (QED) is 0.423. The van der Waals surface area contributed by atoms with Crippen molar-refractivity contribution >= 4 is 41.2 Å². The molecule has 210 valence electrons. The zero-order valence-electron chi connectivity index (χ0n) is 21.6. The third-order valence-corrected chi connectivity index (χ3v) is 6.05. The zero-order valence-corrected chi connectivity index (χ0v) is 22.4. The molecule has 3 aromatic rings. The molecule has 1 aromatic carbocycles. The fraction of sp³-hybridized carbons (Fsp3) is 0.192. The minimum absolute atomic E-state index is 0.0192. The maximum atomic E-state index is 13.7. The van der Waals surface area contributed by atoms with Crippen LogP contribution in [0, 0.1) is 18.3 Å². The lowest BCUT2D eigenvalue weighted by atomic mass is 10.0. The van der Waals surface area contributed by atoms with Crippen LogP contribution in [0.5, 0.6) is 0 Å². The number of allylic oxidation sites excluding steroid dienone is 1. The number of halogens is 4. The number of pyridine rings is 1. The van der Waals surface area contributed by atoms with Gasteiger partial charge >= 0.3 is 6.18 Å². The Morgan fingerprint density at radius 1 is 1.22 bits per heavy atom. The molecule has 0 saturated carbocycles. The van der Waals surface area contributed by atoms with E-state index in [9.17, 15) is 28.0 Å². The summed E-state index contributed by atoms with van der Waals surface area (Å²) >= 11 is 6.31. The average molecular weight is 584 g/mol. The van der Waals surface area contributed by atoms with E-state index in [1.807, 2.05) is 6.07 Å². The van der Waals surface area contributed by atoms with E-state index in [0.29, 0.717) is 12.1 Å². The van der Waals surface area contributed by atoms with E-state index in [2.05, 4.69) is 37.5 Å². The number of nitriles is 1. The molecule has 2 aromatic heterocycles. The lowest BCUT2D eigenvalue weighted by molar-refractivity contribution is -0.0679. The predicted octanol–water partition coefficient (Wildman–Crippen LogP) is 4.38. The van der Waals surface area contributed by atoms with Gasteiger partial charge in [-0.15, -0.1) is 5.10 Å². The second-order valence-electron chi connectivity index (χ2n) is 8.63. The lowest BCUT2D eigenvalue weighted by Crippen LogP contribution is -2.41. The summed E-state index contributed by atoms with van der Waals surface area (Å²) in [6.45, 7) is 6.75. The van der Waals surface area contributed by atoms with Gasteiger partial charge in [-0.2, -0.15) is 28.6 Å². The van der Waals surface area contributed by atoms with Gasteiger partial charge in [-0.1, -0.05) is 18.2 Å². The maximum absolute atomic E-state index is 13.7. The first-order chi connectivity index (χ1) is 19.4. The van der Waals surface area contributed by atoms with Crippen LogP contribution in [0.2, 0.25) is 5.02 Å². The predicted molar refractivity (Wildman–Crippen MR) is 145 cm³/mol. The number of rotatable bonds is 7. The molecule has 0 saturated heterocycles. The molecule has 1 aliphatic rings. The van der Waals surface area contributed by atoms with Crippen LogP contribution in [-0.4, -0.2) is 56.3 Å². The molecule has 1 aliphatic heterocycles. The Labute approximate surface area is 236 Å². The van der Waals surface area contributed by atoms with Crippen molar-refractivity contribution in [1.82, 2.24) is 25.0 Å². The summed E-state index contributed by atoms with van der Waals surface area (Å²) in [7, 11) is 0. The van der Waals surface area contributed by atoms with Crippen LogP contribution >= 0.6 is 11.6 Å². The number of aryl methyl sites for hydroxylation is 1.